The van der Waals surface area contributed by atoms with Crippen molar-refractivity contribution in [2.75, 3.05) is 12.4 Å². The first-order valence-corrected chi connectivity index (χ1v) is 6.08. The van der Waals surface area contributed by atoms with Crippen LogP contribution < -0.4 is 0 Å². The fraction of sp³-hybridized carbons (Fsp3) is 0.364. The quantitative estimate of drug-likeness (QED) is 0.714. The Morgan fingerprint density at radius 1 is 1.47 bits per heavy atom. The van der Waals surface area contributed by atoms with E-state index in [9.17, 15) is 9.18 Å². The number of aliphatic hydroxyl groups excluding tert-OH is 2. The molecule has 1 aromatic carbocycles. The van der Waals surface area contributed by atoms with Crippen LogP contribution in [0.4, 0.5) is 4.39 Å². The summed E-state index contributed by atoms with van der Waals surface area (Å²) in [5, 5.41) is 26.6. The van der Waals surface area contributed by atoms with Gasteiger partial charge in [0, 0.05) is 11.5 Å². The molecule has 0 aliphatic carbocycles. The Kier molecular flexibility index (Phi) is 5.40. The van der Waals surface area contributed by atoms with Gasteiger partial charge in [0.25, 0.3) is 0 Å². The first-order valence-electron chi connectivity index (χ1n) is 4.93. The van der Waals surface area contributed by atoms with Gasteiger partial charge in [0.2, 0.25) is 0 Å². The second-order valence-corrected chi connectivity index (χ2v) is 4.49. The normalized spacial score (nSPS) is 12.4. The molecule has 0 amide bonds. The highest BCUT2D eigenvalue weighted by Crippen LogP contribution is 2.18. The summed E-state index contributed by atoms with van der Waals surface area (Å²) in [6, 6.07) is 3.48. The Morgan fingerprint density at radius 2 is 2.18 bits per heavy atom. The van der Waals surface area contributed by atoms with Gasteiger partial charge < -0.3 is 15.3 Å². The van der Waals surface area contributed by atoms with Crippen LogP contribution in [0.25, 0.3) is 0 Å². The molecular weight excluding hydrogens is 247 g/mol. The van der Waals surface area contributed by atoms with Gasteiger partial charge in [-0.3, -0.25) is 0 Å². The summed E-state index contributed by atoms with van der Waals surface area (Å²) in [6.07, 6.45) is -0.846. The molecule has 0 bridgehead atoms. The van der Waals surface area contributed by atoms with Crippen LogP contribution in [0, 0.1) is 5.82 Å². The third-order valence-corrected chi connectivity index (χ3v) is 3.21. The fourth-order valence-corrected chi connectivity index (χ4v) is 2.20. The number of hydrogen-bond acceptors (Lipinski definition) is 4. The first-order chi connectivity index (χ1) is 8.04. The molecule has 0 aliphatic rings. The lowest BCUT2D eigenvalue weighted by atomic mass is 10.1. The topological polar surface area (TPSA) is 77.8 Å². The molecule has 0 saturated heterocycles. The summed E-state index contributed by atoms with van der Waals surface area (Å²) < 4.78 is 13.0. The van der Waals surface area contributed by atoms with Crippen LogP contribution in [0.1, 0.15) is 15.9 Å². The third-order valence-electron chi connectivity index (χ3n) is 2.08. The minimum absolute atomic E-state index is 0.0531. The molecule has 1 aromatic rings. The molecule has 4 nitrogen and oxygen atoms in total. The van der Waals surface area contributed by atoms with Crippen LogP contribution >= 0.6 is 11.8 Å². The van der Waals surface area contributed by atoms with Crippen LogP contribution in [-0.4, -0.2) is 39.8 Å². The molecule has 0 aliphatic heterocycles. The minimum atomic E-state index is -1.11. The maximum Gasteiger partial charge on any atom is 0.335 e. The van der Waals surface area contributed by atoms with Crippen molar-refractivity contribution in [3.8, 4) is 0 Å². The van der Waals surface area contributed by atoms with Gasteiger partial charge >= 0.3 is 5.97 Å². The van der Waals surface area contributed by atoms with Crippen LogP contribution in [0.2, 0.25) is 0 Å². The van der Waals surface area contributed by atoms with Crippen molar-refractivity contribution < 1.29 is 24.5 Å². The van der Waals surface area contributed by atoms with E-state index >= 15 is 0 Å². The first kappa shape index (κ1) is 14.0. The molecule has 1 atom stereocenters. The number of aliphatic hydroxyl groups is 2. The number of hydrogen-bond donors (Lipinski definition) is 3. The van der Waals surface area contributed by atoms with Crippen molar-refractivity contribution in [2.24, 2.45) is 0 Å². The van der Waals surface area contributed by atoms with Gasteiger partial charge in [-0.1, -0.05) is 0 Å². The van der Waals surface area contributed by atoms with Crippen molar-refractivity contribution in [1.82, 2.24) is 0 Å². The van der Waals surface area contributed by atoms with Gasteiger partial charge in [0.15, 0.2) is 0 Å². The van der Waals surface area contributed by atoms with Crippen LogP contribution in [0.15, 0.2) is 18.2 Å². The predicted molar refractivity (Wildman–Crippen MR) is 62.6 cm³/mol. The summed E-state index contributed by atoms with van der Waals surface area (Å²) >= 11 is 1.24. The summed E-state index contributed by atoms with van der Waals surface area (Å²) in [4.78, 5) is 10.9. The molecule has 0 radical (unpaired) electrons. The monoisotopic (exact) mass is 260 g/mol. The standard InChI is InChI=1S/C11H13FO4S/c12-8-1-2-10(11(15)16)7(3-8)5-17-6-9(14)4-13/h1-3,9,13-14H,4-6H2,(H,15,16). The van der Waals surface area contributed by atoms with Gasteiger partial charge in [-0.25, -0.2) is 9.18 Å². The maximum absolute atomic E-state index is 13.0. The van der Waals surface area contributed by atoms with Crippen molar-refractivity contribution in [3.05, 3.63) is 35.1 Å². The van der Waals surface area contributed by atoms with Gasteiger partial charge in [0.1, 0.15) is 5.82 Å². The molecule has 94 valence electrons. The van der Waals surface area contributed by atoms with Gasteiger partial charge in [-0.2, -0.15) is 11.8 Å². The number of thioether (sulfide) groups is 1. The highest BCUT2D eigenvalue weighted by Gasteiger charge is 2.11. The lowest BCUT2D eigenvalue weighted by Gasteiger charge is -2.08. The van der Waals surface area contributed by atoms with Crippen LogP contribution in [0.3, 0.4) is 0 Å². The summed E-state index contributed by atoms with van der Waals surface area (Å²) in [6.45, 7) is -0.345. The number of halogens is 1. The molecule has 0 fully saturated rings. The molecule has 0 aromatic heterocycles. The van der Waals surface area contributed by atoms with E-state index in [1.807, 2.05) is 0 Å². The highest BCUT2D eigenvalue weighted by atomic mass is 32.2. The van der Waals surface area contributed by atoms with Crippen molar-refractivity contribution in [2.45, 2.75) is 11.9 Å². The van der Waals surface area contributed by atoms with E-state index in [1.165, 1.54) is 23.9 Å². The smallest absolute Gasteiger partial charge is 0.335 e. The van der Waals surface area contributed by atoms with E-state index in [0.29, 0.717) is 5.56 Å². The number of carbonyl (C=O) groups is 1. The molecule has 17 heavy (non-hydrogen) atoms. The van der Waals surface area contributed by atoms with Crippen molar-refractivity contribution >= 4 is 17.7 Å². The lowest BCUT2D eigenvalue weighted by molar-refractivity contribution is 0.0696. The fourth-order valence-electron chi connectivity index (χ4n) is 1.25. The third kappa shape index (κ3) is 4.33. The zero-order valence-corrected chi connectivity index (χ0v) is 9.78. The molecule has 1 unspecified atom stereocenters. The van der Waals surface area contributed by atoms with Crippen LogP contribution in [-0.2, 0) is 5.75 Å². The summed E-state index contributed by atoms with van der Waals surface area (Å²) in [5.41, 5.74) is 0.421. The molecule has 0 spiro atoms. The Bertz CT molecular complexity index is 397. The van der Waals surface area contributed by atoms with Crippen molar-refractivity contribution in [3.63, 3.8) is 0 Å². The zero-order chi connectivity index (χ0) is 12.8. The zero-order valence-electron chi connectivity index (χ0n) is 8.97. The molecule has 1 rings (SSSR count). The SMILES string of the molecule is O=C(O)c1ccc(F)cc1CSCC(O)CO. The van der Waals surface area contributed by atoms with E-state index in [1.54, 1.807) is 0 Å². The predicted octanol–water partition coefficient (Wildman–Crippen LogP) is 1.11. The number of carboxylic acid groups (broad SMARTS) is 1. The second kappa shape index (κ2) is 6.58. The van der Waals surface area contributed by atoms with Crippen molar-refractivity contribution in [1.29, 1.82) is 0 Å². The molecule has 6 heteroatoms. The van der Waals surface area contributed by atoms with Gasteiger partial charge in [-0.05, 0) is 23.8 Å². The second-order valence-electron chi connectivity index (χ2n) is 3.46. The lowest BCUT2D eigenvalue weighted by Crippen LogP contribution is -2.15. The number of aromatic carboxylic acids is 1. The van der Waals surface area contributed by atoms with E-state index < -0.39 is 17.9 Å². The average Bonchev–Trinajstić information content (AvgIpc) is 2.28. The Labute approximate surface area is 102 Å². The largest absolute Gasteiger partial charge is 0.478 e. The molecule has 0 saturated carbocycles. The van der Waals surface area contributed by atoms with E-state index in [-0.39, 0.29) is 23.7 Å². The van der Waals surface area contributed by atoms with Crippen LogP contribution in [0.5, 0.6) is 0 Å². The summed E-state index contributed by atoms with van der Waals surface area (Å²) in [5.74, 6) is -1.06. The molecule has 0 heterocycles. The minimum Gasteiger partial charge on any atom is -0.478 e. The van der Waals surface area contributed by atoms with E-state index in [2.05, 4.69) is 0 Å². The molecular formula is C11H13FO4S. The number of rotatable bonds is 6. The molecule has 3 N–H and O–H groups in total. The number of carboxylic acids is 1. The average molecular weight is 260 g/mol. The Balaban J connectivity index is 2.68. The van der Waals surface area contributed by atoms with Gasteiger partial charge in [0.05, 0.1) is 18.3 Å². The Morgan fingerprint density at radius 3 is 2.76 bits per heavy atom. The number of benzene rings is 1. The Hall–Kier alpha value is -1.11. The highest BCUT2D eigenvalue weighted by molar-refractivity contribution is 7.98. The maximum atomic E-state index is 13.0. The summed E-state index contributed by atoms with van der Waals surface area (Å²) in [7, 11) is 0. The van der Waals surface area contributed by atoms with E-state index in [0.717, 1.165) is 6.07 Å². The van der Waals surface area contributed by atoms with Gasteiger partial charge in [-0.15, -0.1) is 0 Å². The van der Waals surface area contributed by atoms with E-state index in [4.69, 9.17) is 15.3 Å².